The van der Waals surface area contributed by atoms with E-state index in [4.69, 9.17) is 0 Å². The lowest BCUT2D eigenvalue weighted by molar-refractivity contribution is 0.0927. The molecule has 2 aromatic rings. The summed E-state index contributed by atoms with van der Waals surface area (Å²) >= 11 is 0. The highest BCUT2D eigenvalue weighted by atomic mass is 32.2. The van der Waals surface area contributed by atoms with Crippen molar-refractivity contribution in [2.75, 3.05) is 0 Å². The standard InChI is InChI=1S/C21H25FN2O3S/c1-13(2)24-28(26,27)17-10-11-19(22)18(12-17)21(25)23-20(16-8-9-16)15-6-4-14(3)5-7-15/h4-7,10-13,16,20,24H,8-9H2,1-3H3,(H,23,25). The summed E-state index contributed by atoms with van der Waals surface area (Å²) < 4.78 is 41.5. The smallest absolute Gasteiger partial charge is 0.254 e. The van der Waals surface area contributed by atoms with Gasteiger partial charge in [-0.1, -0.05) is 29.8 Å². The Hall–Kier alpha value is -2.25. The van der Waals surface area contributed by atoms with E-state index in [1.165, 1.54) is 0 Å². The summed E-state index contributed by atoms with van der Waals surface area (Å²) in [6.07, 6.45) is 1.99. The topological polar surface area (TPSA) is 75.3 Å². The number of hydrogen-bond acceptors (Lipinski definition) is 3. The molecule has 3 rings (SSSR count). The van der Waals surface area contributed by atoms with Gasteiger partial charge in [0.25, 0.3) is 5.91 Å². The Labute approximate surface area is 165 Å². The third-order valence-electron chi connectivity index (χ3n) is 4.70. The van der Waals surface area contributed by atoms with Crippen LogP contribution in [0.3, 0.4) is 0 Å². The summed E-state index contributed by atoms with van der Waals surface area (Å²) in [5.74, 6) is -1.06. The summed E-state index contributed by atoms with van der Waals surface area (Å²) in [5.41, 5.74) is 1.81. The second-order valence-corrected chi connectivity index (χ2v) is 9.33. The van der Waals surface area contributed by atoms with Gasteiger partial charge >= 0.3 is 0 Å². The first kappa shape index (κ1) is 20.5. The van der Waals surface area contributed by atoms with Gasteiger partial charge in [0.1, 0.15) is 5.82 Å². The van der Waals surface area contributed by atoms with Crippen LogP contribution in [-0.2, 0) is 10.0 Å². The van der Waals surface area contributed by atoms with Crippen LogP contribution in [0.25, 0.3) is 0 Å². The van der Waals surface area contributed by atoms with Crippen LogP contribution >= 0.6 is 0 Å². The molecule has 0 heterocycles. The van der Waals surface area contributed by atoms with E-state index in [2.05, 4.69) is 10.0 Å². The fourth-order valence-electron chi connectivity index (χ4n) is 3.12. The van der Waals surface area contributed by atoms with E-state index in [9.17, 15) is 17.6 Å². The highest BCUT2D eigenvalue weighted by molar-refractivity contribution is 7.89. The molecule has 0 spiro atoms. The monoisotopic (exact) mass is 404 g/mol. The minimum Gasteiger partial charge on any atom is -0.345 e. The molecule has 2 N–H and O–H groups in total. The van der Waals surface area contributed by atoms with Crippen LogP contribution in [0.4, 0.5) is 4.39 Å². The van der Waals surface area contributed by atoms with Crippen molar-refractivity contribution in [3.05, 3.63) is 65.0 Å². The quantitative estimate of drug-likeness (QED) is 0.739. The van der Waals surface area contributed by atoms with Gasteiger partial charge in [0.05, 0.1) is 16.5 Å². The summed E-state index contributed by atoms with van der Waals surface area (Å²) in [5, 5.41) is 2.90. The number of aryl methyl sites for hydroxylation is 1. The Morgan fingerprint density at radius 2 is 1.75 bits per heavy atom. The predicted octanol–water partition coefficient (Wildman–Crippen LogP) is 3.70. The third kappa shape index (κ3) is 4.77. The molecule has 5 nitrogen and oxygen atoms in total. The van der Waals surface area contributed by atoms with Gasteiger partial charge < -0.3 is 5.32 Å². The Bertz CT molecular complexity index is 968. The van der Waals surface area contributed by atoms with Crippen LogP contribution in [0.1, 0.15) is 54.2 Å². The second kappa shape index (κ2) is 8.01. The Morgan fingerprint density at radius 3 is 2.32 bits per heavy atom. The maximum Gasteiger partial charge on any atom is 0.254 e. The molecule has 1 saturated carbocycles. The Morgan fingerprint density at radius 1 is 1.11 bits per heavy atom. The fraction of sp³-hybridized carbons (Fsp3) is 0.381. The lowest BCUT2D eigenvalue weighted by Crippen LogP contribution is -2.32. The highest BCUT2D eigenvalue weighted by Crippen LogP contribution is 2.41. The van der Waals surface area contributed by atoms with Gasteiger partial charge in [-0.2, -0.15) is 0 Å². The lowest BCUT2D eigenvalue weighted by atomic mass is 10.0. The average Bonchev–Trinajstić information content (AvgIpc) is 3.44. The van der Waals surface area contributed by atoms with E-state index < -0.39 is 21.7 Å². The second-order valence-electron chi connectivity index (χ2n) is 7.62. The molecule has 1 aliphatic carbocycles. The number of halogens is 1. The molecule has 0 radical (unpaired) electrons. The maximum absolute atomic E-state index is 14.3. The van der Waals surface area contributed by atoms with Gasteiger partial charge in [-0.3, -0.25) is 4.79 Å². The molecule has 28 heavy (non-hydrogen) atoms. The van der Waals surface area contributed by atoms with E-state index in [1.807, 2.05) is 31.2 Å². The van der Waals surface area contributed by atoms with Crippen LogP contribution in [0.2, 0.25) is 0 Å². The van der Waals surface area contributed by atoms with E-state index >= 15 is 0 Å². The molecule has 2 aromatic carbocycles. The van der Waals surface area contributed by atoms with Gasteiger partial charge in [0, 0.05) is 6.04 Å². The molecule has 1 fully saturated rings. The summed E-state index contributed by atoms with van der Waals surface area (Å²) in [4.78, 5) is 12.7. The molecule has 0 aliphatic heterocycles. The number of carbonyl (C=O) groups is 1. The largest absolute Gasteiger partial charge is 0.345 e. The molecular formula is C21H25FN2O3S. The average molecular weight is 405 g/mol. The Kier molecular flexibility index (Phi) is 5.86. The third-order valence-corrected chi connectivity index (χ3v) is 6.36. The normalized spacial score (nSPS) is 15.5. The lowest BCUT2D eigenvalue weighted by Gasteiger charge is -2.19. The van der Waals surface area contributed by atoms with Crippen LogP contribution in [0.5, 0.6) is 0 Å². The zero-order valence-electron chi connectivity index (χ0n) is 16.2. The summed E-state index contributed by atoms with van der Waals surface area (Å²) in [6.45, 7) is 5.37. The molecule has 1 atom stereocenters. The van der Waals surface area contributed by atoms with E-state index in [1.54, 1.807) is 13.8 Å². The van der Waals surface area contributed by atoms with Crippen LogP contribution in [-0.4, -0.2) is 20.4 Å². The van der Waals surface area contributed by atoms with Crippen molar-refractivity contribution in [2.45, 2.75) is 50.6 Å². The first-order valence-electron chi connectivity index (χ1n) is 9.36. The summed E-state index contributed by atoms with van der Waals surface area (Å²) in [6, 6.07) is 10.6. The van der Waals surface area contributed by atoms with E-state index in [0.717, 1.165) is 42.2 Å². The van der Waals surface area contributed by atoms with Crippen molar-refractivity contribution < 1.29 is 17.6 Å². The first-order chi connectivity index (χ1) is 13.2. The van der Waals surface area contributed by atoms with Gasteiger partial charge in [-0.15, -0.1) is 0 Å². The van der Waals surface area contributed by atoms with E-state index in [-0.39, 0.29) is 22.5 Å². The first-order valence-corrected chi connectivity index (χ1v) is 10.8. The SMILES string of the molecule is Cc1ccc(C(NC(=O)c2cc(S(=O)(=O)NC(C)C)ccc2F)C2CC2)cc1. The zero-order chi connectivity index (χ0) is 20.5. The van der Waals surface area contributed by atoms with Crippen molar-refractivity contribution in [1.29, 1.82) is 0 Å². The van der Waals surface area contributed by atoms with Crippen molar-refractivity contribution in [1.82, 2.24) is 10.0 Å². The molecule has 150 valence electrons. The molecule has 0 saturated heterocycles. The van der Waals surface area contributed by atoms with Gasteiger partial charge in [-0.25, -0.2) is 17.5 Å². The maximum atomic E-state index is 14.3. The van der Waals surface area contributed by atoms with Gasteiger partial charge in [0.15, 0.2) is 0 Å². The van der Waals surface area contributed by atoms with Crippen molar-refractivity contribution in [2.24, 2.45) is 5.92 Å². The minimum absolute atomic E-state index is 0.133. The number of benzene rings is 2. The molecule has 0 bridgehead atoms. The van der Waals surface area contributed by atoms with Crippen molar-refractivity contribution in [3.63, 3.8) is 0 Å². The molecule has 1 aliphatic rings. The number of carbonyl (C=O) groups excluding carboxylic acids is 1. The summed E-state index contributed by atoms with van der Waals surface area (Å²) in [7, 11) is -3.82. The number of nitrogens with one attached hydrogen (secondary N) is 2. The number of sulfonamides is 1. The van der Waals surface area contributed by atoms with Gasteiger partial charge in [-0.05, 0) is 63.3 Å². The zero-order valence-corrected chi connectivity index (χ0v) is 17.0. The number of hydrogen-bond donors (Lipinski definition) is 2. The highest BCUT2D eigenvalue weighted by Gasteiger charge is 2.34. The minimum atomic E-state index is -3.82. The molecule has 1 unspecified atom stereocenters. The molecule has 0 aromatic heterocycles. The predicted molar refractivity (Wildman–Crippen MR) is 106 cm³/mol. The van der Waals surface area contributed by atoms with Gasteiger partial charge in [0.2, 0.25) is 10.0 Å². The van der Waals surface area contributed by atoms with Crippen LogP contribution < -0.4 is 10.0 Å². The van der Waals surface area contributed by atoms with Crippen LogP contribution in [0, 0.1) is 18.7 Å². The Balaban J connectivity index is 1.87. The molecular weight excluding hydrogens is 379 g/mol. The van der Waals surface area contributed by atoms with Crippen LogP contribution in [0.15, 0.2) is 47.4 Å². The number of rotatable bonds is 7. The molecule has 1 amide bonds. The van der Waals surface area contributed by atoms with E-state index in [0.29, 0.717) is 5.92 Å². The number of amides is 1. The van der Waals surface area contributed by atoms with Crippen molar-refractivity contribution in [3.8, 4) is 0 Å². The molecule has 7 heteroatoms. The fourth-order valence-corrected chi connectivity index (χ4v) is 4.40. The van der Waals surface area contributed by atoms with Crippen molar-refractivity contribution >= 4 is 15.9 Å².